The van der Waals surface area contributed by atoms with Gasteiger partial charge in [0.1, 0.15) is 5.69 Å². The molecule has 0 radical (unpaired) electrons. The zero-order valence-corrected chi connectivity index (χ0v) is 21.2. The number of benzene rings is 2. The molecule has 0 saturated heterocycles. The number of nitrogens with one attached hydrogen (secondary N) is 1. The molecule has 180 valence electrons. The largest absolute Gasteiger partial charge is 0.324 e. The number of Topliss-reactive ketones (excluding diaryl/α,β-unsaturated/α-hetero) is 1. The van der Waals surface area contributed by atoms with Crippen molar-refractivity contribution in [2.45, 2.75) is 64.3 Å². The summed E-state index contributed by atoms with van der Waals surface area (Å²) in [4.78, 5) is 36.0. The van der Waals surface area contributed by atoms with E-state index in [1.807, 2.05) is 29.2 Å². The molecule has 7 heteroatoms. The SMILES string of the molecule is CC(=O)N1c2ccc(Nc3ncc4c(n3)C(=O)CCC4)cc2C(C)(c2ccc(Cl)cc2)CC1(C)C. The van der Waals surface area contributed by atoms with Crippen LogP contribution in [0.5, 0.6) is 0 Å². The number of aromatic nitrogens is 2. The molecule has 0 fully saturated rings. The van der Waals surface area contributed by atoms with Crippen molar-refractivity contribution in [1.29, 1.82) is 0 Å². The molecule has 35 heavy (non-hydrogen) atoms. The highest BCUT2D eigenvalue weighted by atomic mass is 35.5. The molecule has 0 bridgehead atoms. The zero-order valence-electron chi connectivity index (χ0n) is 20.5. The van der Waals surface area contributed by atoms with Crippen LogP contribution in [0, 0.1) is 0 Å². The summed E-state index contributed by atoms with van der Waals surface area (Å²) in [6.45, 7) is 8.04. The minimum absolute atomic E-state index is 0.00616. The van der Waals surface area contributed by atoms with Crippen LogP contribution in [0.3, 0.4) is 0 Å². The van der Waals surface area contributed by atoms with Crippen molar-refractivity contribution >= 4 is 40.6 Å². The molecule has 1 N–H and O–H groups in total. The van der Waals surface area contributed by atoms with E-state index >= 15 is 0 Å². The number of amides is 1. The predicted molar refractivity (Wildman–Crippen MR) is 139 cm³/mol. The Morgan fingerprint density at radius 2 is 1.83 bits per heavy atom. The highest BCUT2D eigenvalue weighted by molar-refractivity contribution is 6.30. The topological polar surface area (TPSA) is 75.2 Å². The summed E-state index contributed by atoms with van der Waals surface area (Å²) >= 11 is 6.19. The predicted octanol–water partition coefficient (Wildman–Crippen LogP) is 6.23. The van der Waals surface area contributed by atoms with E-state index in [-0.39, 0.29) is 22.6 Å². The number of nitrogens with zero attached hydrogens (tertiary/aromatic N) is 3. The molecule has 2 aromatic carbocycles. The van der Waals surface area contributed by atoms with Crippen molar-refractivity contribution < 1.29 is 9.59 Å². The highest BCUT2D eigenvalue weighted by Crippen LogP contribution is 2.51. The Kier molecular flexibility index (Phi) is 5.67. The van der Waals surface area contributed by atoms with Gasteiger partial charge >= 0.3 is 0 Å². The van der Waals surface area contributed by atoms with E-state index in [2.05, 4.69) is 54.3 Å². The summed E-state index contributed by atoms with van der Waals surface area (Å²) in [6, 6.07) is 13.9. The van der Waals surface area contributed by atoms with Crippen molar-refractivity contribution in [3.05, 3.63) is 76.1 Å². The Hall–Kier alpha value is -3.25. The van der Waals surface area contributed by atoms with Gasteiger partial charge in [0.15, 0.2) is 5.78 Å². The summed E-state index contributed by atoms with van der Waals surface area (Å²) in [5.74, 6) is 0.468. The molecule has 6 nitrogen and oxygen atoms in total. The van der Waals surface area contributed by atoms with Crippen LogP contribution in [0.15, 0.2) is 48.7 Å². The van der Waals surface area contributed by atoms with Gasteiger partial charge < -0.3 is 10.2 Å². The number of anilines is 3. The second kappa shape index (κ2) is 8.45. The van der Waals surface area contributed by atoms with E-state index < -0.39 is 0 Å². The average Bonchev–Trinajstić information content (AvgIpc) is 2.79. The number of rotatable bonds is 3. The Morgan fingerprint density at radius 1 is 1.09 bits per heavy atom. The summed E-state index contributed by atoms with van der Waals surface area (Å²) in [5, 5.41) is 3.98. The fourth-order valence-electron chi connectivity index (χ4n) is 5.87. The first-order valence-corrected chi connectivity index (χ1v) is 12.3. The molecule has 0 saturated carbocycles. The highest BCUT2D eigenvalue weighted by Gasteiger charge is 2.47. The molecule has 1 aliphatic carbocycles. The number of hydrogen-bond acceptors (Lipinski definition) is 5. The third-order valence-corrected chi connectivity index (χ3v) is 7.51. The van der Waals surface area contributed by atoms with Crippen molar-refractivity contribution in [2.75, 3.05) is 10.2 Å². The molecule has 1 aromatic heterocycles. The van der Waals surface area contributed by atoms with E-state index in [1.165, 1.54) is 0 Å². The van der Waals surface area contributed by atoms with Gasteiger partial charge in [-0.2, -0.15) is 0 Å². The van der Waals surface area contributed by atoms with Crippen LogP contribution < -0.4 is 10.2 Å². The Morgan fingerprint density at radius 3 is 2.54 bits per heavy atom. The van der Waals surface area contributed by atoms with Gasteiger partial charge in [0.2, 0.25) is 11.9 Å². The number of halogens is 1. The number of carbonyl (C=O) groups is 2. The van der Waals surface area contributed by atoms with Crippen LogP contribution in [0.1, 0.15) is 74.1 Å². The minimum atomic E-state index is -0.385. The monoisotopic (exact) mass is 488 g/mol. The quantitative estimate of drug-likeness (QED) is 0.472. The molecule has 2 aliphatic rings. The lowest BCUT2D eigenvalue weighted by molar-refractivity contribution is -0.117. The second-order valence-electron chi connectivity index (χ2n) is 10.4. The summed E-state index contributed by atoms with van der Waals surface area (Å²) < 4.78 is 0. The smallest absolute Gasteiger partial charge is 0.227 e. The summed E-state index contributed by atoms with van der Waals surface area (Å²) in [6.07, 6.45) is 4.69. The molecule has 0 spiro atoms. The first-order chi connectivity index (χ1) is 16.6. The van der Waals surface area contributed by atoms with Crippen LogP contribution >= 0.6 is 11.6 Å². The molecule has 3 aromatic rings. The number of aryl methyl sites for hydroxylation is 1. The first-order valence-electron chi connectivity index (χ1n) is 12.0. The lowest BCUT2D eigenvalue weighted by Crippen LogP contribution is -2.55. The Bertz CT molecular complexity index is 1340. The Balaban J connectivity index is 1.60. The Labute approximate surface area is 210 Å². The zero-order chi connectivity index (χ0) is 25.0. The molecular formula is C28H29ClN4O2. The van der Waals surface area contributed by atoms with Gasteiger partial charge in [-0.1, -0.05) is 30.7 Å². The first kappa shape index (κ1) is 23.5. The molecule has 1 unspecified atom stereocenters. The van der Waals surface area contributed by atoms with Crippen LogP contribution in [0.2, 0.25) is 5.02 Å². The van der Waals surface area contributed by atoms with Crippen molar-refractivity contribution in [2.24, 2.45) is 0 Å². The van der Waals surface area contributed by atoms with Crippen LogP contribution in [0.25, 0.3) is 0 Å². The normalized spacial score (nSPS) is 20.7. The maximum Gasteiger partial charge on any atom is 0.227 e. The molecule has 1 amide bonds. The standard InChI is InChI=1S/C28H29ClN4O2/c1-17(34)33-23-13-12-21(31-26-30-15-18-6-5-7-24(35)25(18)32-26)14-22(23)28(4,16-27(33,2)3)19-8-10-20(29)11-9-19/h8-15H,5-7,16H2,1-4H3,(H,30,31,32). The molecule has 5 rings (SSSR count). The summed E-state index contributed by atoms with van der Waals surface area (Å²) in [7, 11) is 0. The van der Waals surface area contributed by atoms with Crippen LogP contribution in [0.4, 0.5) is 17.3 Å². The second-order valence-corrected chi connectivity index (χ2v) is 10.8. The van der Waals surface area contributed by atoms with Gasteiger partial charge in [0.25, 0.3) is 0 Å². The van der Waals surface area contributed by atoms with Crippen molar-refractivity contribution in [1.82, 2.24) is 9.97 Å². The maximum atomic E-state index is 12.8. The van der Waals surface area contributed by atoms with E-state index in [0.717, 1.165) is 47.3 Å². The summed E-state index contributed by atoms with van der Waals surface area (Å²) in [5.41, 5.74) is 4.53. The van der Waals surface area contributed by atoms with Gasteiger partial charge in [-0.15, -0.1) is 0 Å². The van der Waals surface area contributed by atoms with E-state index in [1.54, 1.807) is 13.1 Å². The average molecular weight is 489 g/mol. The van der Waals surface area contributed by atoms with Crippen molar-refractivity contribution in [3.8, 4) is 0 Å². The third-order valence-electron chi connectivity index (χ3n) is 7.25. The lowest BCUT2D eigenvalue weighted by atomic mass is 9.65. The van der Waals surface area contributed by atoms with E-state index in [9.17, 15) is 9.59 Å². The number of fused-ring (bicyclic) bond motifs is 2. The third kappa shape index (κ3) is 4.10. The molecule has 1 aliphatic heterocycles. The maximum absolute atomic E-state index is 12.8. The fourth-order valence-corrected chi connectivity index (χ4v) is 5.99. The molecule has 2 heterocycles. The molecular weight excluding hydrogens is 460 g/mol. The van der Waals surface area contributed by atoms with E-state index in [0.29, 0.717) is 23.1 Å². The fraction of sp³-hybridized carbons (Fsp3) is 0.357. The van der Waals surface area contributed by atoms with Crippen LogP contribution in [-0.2, 0) is 16.6 Å². The van der Waals surface area contributed by atoms with E-state index in [4.69, 9.17) is 11.6 Å². The minimum Gasteiger partial charge on any atom is -0.324 e. The molecule has 1 atom stereocenters. The number of carbonyl (C=O) groups excluding carboxylic acids is 2. The lowest BCUT2D eigenvalue weighted by Gasteiger charge is -2.51. The van der Waals surface area contributed by atoms with Crippen LogP contribution in [-0.4, -0.2) is 27.2 Å². The number of hydrogen-bond donors (Lipinski definition) is 1. The van der Waals surface area contributed by atoms with Gasteiger partial charge in [-0.3, -0.25) is 9.59 Å². The van der Waals surface area contributed by atoms with Crippen molar-refractivity contribution in [3.63, 3.8) is 0 Å². The van der Waals surface area contributed by atoms with Gasteiger partial charge in [0.05, 0.1) is 0 Å². The van der Waals surface area contributed by atoms with Gasteiger partial charge in [0, 0.05) is 46.9 Å². The van der Waals surface area contributed by atoms with Gasteiger partial charge in [-0.25, -0.2) is 9.97 Å². The number of ketones is 1. The van der Waals surface area contributed by atoms with Gasteiger partial charge in [-0.05, 0) is 80.1 Å².